The van der Waals surface area contributed by atoms with E-state index in [0.717, 1.165) is 86.9 Å². The molecule has 284 valence electrons. The molecule has 0 saturated carbocycles. The number of para-hydroxylation sites is 2. The normalized spacial score (nSPS) is 12.3. The first-order chi connectivity index (χ1) is 30.1. The third kappa shape index (κ3) is 5.11. The molecule has 0 spiro atoms. The molecule has 3 nitrogen and oxygen atoms in total. The molecule has 0 fully saturated rings. The van der Waals surface area contributed by atoms with Crippen LogP contribution >= 0.6 is 7.14 Å². The molecule has 0 amide bonds. The van der Waals surface area contributed by atoms with E-state index >= 15 is 4.57 Å². The van der Waals surface area contributed by atoms with Gasteiger partial charge in [0.1, 0.15) is 5.65 Å². The molecule has 2 heterocycles. The van der Waals surface area contributed by atoms with Gasteiger partial charge >= 0.3 is 0 Å². The summed E-state index contributed by atoms with van der Waals surface area (Å²) in [4.78, 5) is 5.24. The van der Waals surface area contributed by atoms with Crippen molar-refractivity contribution in [2.45, 2.75) is 0 Å². The molecule has 0 unspecified atom stereocenters. The fraction of sp³-hybridized carbons (Fsp3) is 0. The maximum absolute atomic E-state index is 16.0. The van der Waals surface area contributed by atoms with Gasteiger partial charge < -0.3 is 4.57 Å². The number of pyridine rings is 1. The van der Waals surface area contributed by atoms with Gasteiger partial charge in [-0.25, -0.2) is 4.98 Å². The lowest BCUT2D eigenvalue weighted by atomic mass is 9.95. The van der Waals surface area contributed by atoms with E-state index in [9.17, 15) is 0 Å². The standard InChI is InChI=1S/C57H35N2OP/c60-61(45-24-19-36-9-1-3-12-39(36)32-45,46-25-20-37-10-2-4-13-40(37)33-46)47-26-30-49-44(34-47)18-17-43-31-41(22-27-48(43)49)42-23-28-51-52-29-21-38-11-5-6-14-50(38)56(52)57-58-53-15-7-8-16-54(53)59(57)55(51)35-42/h1-35H. The minimum Gasteiger partial charge on any atom is -0.309 e. The molecule has 0 aliphatic carbocycles. The van der Waals surface area contributed by atoms with Gasteiger partial charge in [0, 0.05) is 26.7 Å². The van der Waals surface area contributed by atoms with Crippen molar-refractivity contribution >= 4 is 115 Å². The molecule has 13 aromatic rings. The minimum absolute atomic E-state index is 0.830. The molecule has 0 radical (unpaired) electrons. The first-order valence-corrected chi connectivity index (χ1v) is 22.5. The van der Waals surface area contributed by atoms with Gasteiger partial charge in [0.25, 0.3) is 0 Å². The van der Waals surface area contributed by atoms with Gasteiger partial charge in [-0.3, -0.25) is 4.40 Å². The second-order valence-corrected chi connectivity index (χ2v) is 19.0. The van der Waals surface area contributed by atoms with E-state index < -0.39 is 7.14 Å². The zero-order chi connectivity index (χ0) is 40.2. The third-order valence-electron chi connectivity index (χ3n) is 13.0. The second kappa shape index (κ2) is 13.0. The Labute approximate surface area is 351 Å². The predicted molar refractivity (Wildman–Crippen MR) is 260 cm³/mol. The molecule has 4 heteroatoms. The topological polar surface area (TPSA) is 34.4 Å². The highest BCUT2D eigenvalue weighted by molar-refractivity contribution is 7.85. The zero-order valence-electron chi connectivity index (χ0n) is 33.0. The van der Waals surface area contributed by atoms with Crippen LogP contribution in [-0.2, 0) is 4.57 Å². The van der Waals surface area contributed by atoms with E-state index in [2.05, 4.69) is 192 Å². The molecule has 2 aromatic heterocycles. The van der Waals surface area contributed by atoms with Crippen LogP contribution in [-0.4, -0.2) is 9.38 Å². The number of hydrogen-bond donors (Lipinski definition) is 0. The van der Waals surface area contributed by atoms with Crippen LogP contribution in [0.3, 0.4) is 0 Å². The number of nitrogens with zero attached hydrogens (tertiary/aromatic N) is 2. The number of fused-ring (bicyclic) bond motifs is 15. The second-order valence-electron chi connectivity index (χ2n) is 16.3. The van der Waals surface area contributed by atoms with Crippen molar-refractivity contribution in [1.82, 2.24) is 9.38 Å². The molecule has 61 heavy (non-hydrogen) atoms. The third-order valence-corrected chi connectivity index (χ3v) is 16.0. The number of aromatic nitrogens is 2. The van der Waals surface area contributed by atoms with Crippen molar-refractivity contribution in [3.63, 3.8) is 0 Å². The molecule has 0 aliphatic heterocycles. The van der Waals surface area contributed by atoms with Crippen LogP contribution in [0.4, 0.5) is 0 Å². The number of imidazole rings is 1. The van der Waals surface area contributed by atoms with E-state index in [1.807, 2.05) is 24.3 Å². The van der Waals surface area contributed by atoms with Crippen molar-refractivity contribution in [2.24, 2.45) is 0 Å². The average molecular weight is 795 g/mol. The average Bonchev–Trinajstić information content (AvgIpc) is 3.72. The zero-order valence-corrected chi connectivity index (χ0v) is 33.9. The van der Waals surface area contributed by atoms with E-state index in [1.165, 1.54) is 32.3 Å². The number of rotatable bonds is 4. The molecule has 0 atom stereocenters. The Morgan fingerprint density at radius 1 is 0.344 bits per heavy atom. The van der Waals surface area contributed by atoms with Crippen LogP contribution in [0.15, 0.2) is 212 Å². The minimum atomic E-state index is -3.28. The van der Waals surface area contributed by atoms with Crippen molar-refractivity contribution in [3.05, 3.63) is 212 Å². The molecule has 0 bridgehead atoms. The van der Waals surface area contributed by atoms with Crippen molar-refractivity contribution in [1.29, 1.82) is 0 Å². The summed E-state index contributed by atoms with van der Waals surface area (Å²) in [5.74, 6) is 0. The summed E-state index contributed by atoms with van der Waals surface area (Å²) in [6.07, 6.45) is 0. The molecular formula is C57H35N2OP. The van der Waals surface area contributed by atoms with Gasteiger partial charge in [-0.05, 0) is 113 Å². The summed E-state index contributed by atoms with van der Waals surface area (Å²) >= 11 is 0. The Bertz CT molecular complexity index is 3970. The van der Waals surface area contributed by atoms with Gasteiger partial charge in [-0.2, -0.15) is 0 Å². The predicted octanol–water partition coefficient (Wildman–Crippen LogP) is 13.9. The van der Waals surface area contributed by atoms with Gasteiger partial charge in [-0.15, -0.1) is 0 Å². The SMILES string of the molecule is O=P(c1ccc2ccccc2c1)(c1ccc2ccccc2c1)c1ccc2c(ccc3cc(-c4ccc5c6ccc7ccccc7c6c6nc7ccccc7n6c5c4)ccc32)c1. The largest absolute Gasteiger partial charge is 0.309 e. The van der Waals surface area contributed by atoms with Crippen molar-refractivity contribution < 1.29 is 4.57 Å². The lowest BCUT2D eigenvalue weighted by Gasteiger charge is -2.22. The molecule has 13 rings (SSSR count). The molecule has 0 N–H and O–H groups in total. The molecule has 0 saturated heterocycles. The van der Waals surface area contributed by atoms with E-state index in [0.29, 0.717) is 0 Å². The van der Waals surface area contributed by atoms with Crippen LogP contribution in [0.5, 0.6) is 0 Å². The Morgan fingerprint density at radius 2 is 0.836 bits per heavy atom. The monoisotopic (exact) mass is 794 g/mol. The Kier molecular flexibility index (Phi) is 7.29. The fourth-order valence-electron chi connectivity index (χ4n) is 9.92. The van der Waals surface area contributed by atoms with Crippen molar-refractivity contribution in [2.75, 3.05) is 0 Å². The Morgan fingerprint density at radius 3 is 1.56 bits per heavy atom. The van der Waals surface area contributed by atoms with E-state index in [4.69, 9.17) is 4.98 Å². The van der Waals surface area contributed by atoms with Gasteiger partial charge in [0.05, 0.1) is 16.6 Å². The summed E-state index contributed by atoms with van der Waals surface area (Å²) in [5, 5.41) is 17.5. The highest BCUT2D eigenvalue weighted by Gasteiger charge is 2.31. The highest BCUT2D eigenvalue weighted by Crippen LogP contribution is 2.45. The summed E-state index contributed by atoms with van der Waals surface area (Å²) in [6, 6.07) is 75.2. The molecule has 11 aromatic carbocycles. The number of benzene rings is 11. The highest BCUT2D eigenvalue weighted by atomic mass is 31.2. The Balaban J connectivity index is 0.962. The van der Waals surface area contributed by atoms with Gasteiger partial charge in [0.2, 0.25) is 0 Å². The summed E-state index contributed by atoms with van der Waals surface area (Å²) in [5.41, 5.74) is 6.51. The van der Waals surface area contributed by atoms with E-state index in [1.54, 1.807) is 0 Å². The van der Waals surface area contributed by atoms with Crippen LogP contribution in [0.1, 0.15) is 0 Å². The molecule has 0 aliphatic rings. The first-order valence-electron chi connectivity index (χ1n) is 20.8. The fourth-order valence-corrected chi connectivity index (χ4v) is 12.6. The first kappa shape index (κ1) is 34.3. The Hall–Kier alpha value is -7.58. The summed E-state index contributed by atoms with van der Waals surface area (Å²) in [6.45, 7) is 0. The molecular weight excluding hydrogens is 760 g/mol. The smallest absolute Gasteiger partial charge is 0.171 e. The van der Waals surface area contributed by atoms with E-state index in [-0.39, 0.29) is 0 Å². The summed E-state index contributed by atoms with van der Waals surface area (Å²) < 4.78 is 18.3. The van der Waals surface area contributed by atoms with Crippen LogP contribution < -0.4 is 15.9 Å². The van der Waals surface area contributed by atoms with Gasteiger partial charge in [0.15, 0.2) is 7.14 Å². The van der Waals surface area contributed by atoms with Crippen LogP contribution in [0, 0.1) is 0 Å². The quantitative estimate of drug-likeness (QED) is 0.131. The van der Waals surface area contributed by atoms with Crippen LogP contribution in [0.2, 0.25) is 0 Å². The van der Waals surface area contributed by atoms with Crippen molar-refractivity contribution in [3.8, 4) is 11.1 Å². The maximum Gasteiger partial charge on any atom is 0.171 e. The number of hydrogen-bond acceptors (Lipinski definition) is 2. The lowest BCUT2D eigenvalue weighted by molar-refractivity contribution is 0.592. The van der Waals surface area contributed by atoms with Gasteiger partial charge in [-0.1, -0.05) is 170 Å². The van der Waals surface area contributed by atoms with Crippen LogP contribution in [0.25, 0.3) is 103 Å². The summed E-state index contributed by atoms with van der Waals surface area (Å²) in [7, 11) is -3.28. The lowest BCUT2D eigenvalue weighted by Crippen LogP contribution is -2.25. The maximum atomic E-state index is 16.0.